The number of aromatic nitrogens is 2. The van der Waals surface area contributed by atoms with Crippen LogP contribution in [0.4, 0.5) is 5.69 Å². The molecule has 5 heteroatoms. The molecular formula is C13H22N4O. The number of nitrogens with two attached hydrogens (primary N) is 1. The van der Waals surface area contributed by atoms with Crippen molar-refractivity contribution in [1.82, 2.24) is 15.1 Å². The molecule has 1 saturated carbocycles. The van der Waals surface area contributed by atoms with E-state index in [2.05, 4.69) is 17.3 Å². The Morgan fingerprint density at radius 1 is 1.50 bits per heavy atom. The summed E-state index contributed by atoms with van der Waals surface area (Å²) in [6, 6.07) is 0.285. The average Bonchev–Trinajstić information content (AvgIpc) is 2.73. The van der Waals surface area contributed by atoms with Gasteiger partial charge in [-0.25, -0.2) is 0 Å². The number of hydrogen-bond donors (Lipinski definition) is 2. The van der Waals surface area contributed by atoms with Crippen LogP contribution in [0, 0.1) is 5.92 Å². The van der Waals surface area contributed by atoms with Crippen LogP contribution in [0.25, 0.3) is 0 Å². The third-order valence-corrected chi connectivity index (χ3v) is 3.73. The molecule has 5 nitrogen and oxygen atoms in total. The van der Waals surface area contributed by atoms with Gasteiger partial charge in [-0.3, -0.25) is 9.48 Å². The Labute approximate surface area is 108 Å². The van der Waals surface area contributed by atoms with Crippen LogP contribution < -0.4 is 11.1 Å². The van der Waals surface area contributed by atoms with E-state index in [4.69, 9.17) is 5.73 Å². The van der Waals surface area contributed by atoms with E-state index < -0.39 is 0 Å². The number of aryl methyl sites for hydroxylation is 1. The fourth-order valence-electron chi connectivity index (χ4n) is 2.55. The molecule has 0 aromatic carbocycles. The fourth-order valence-corrected chi connectivity index (χ4v) is 2.55. The minimum atomic E-state index is -0.0913. The minimum Gasteiger partial charge on any atom is -0.396 e. The molecule has 1 fully saturated rings. The van der Waals surface area contributed by atoms with Crippen LogP contribution in [0.5, 0.6) is 0 Å². The van der Waals surface area contributed by atoms with Crippen molar-refractivity contribution in [2.24, 2.45) is 5.92 Å². The molecule has 0 spiro atoms. The van der Waals surface area contributed by atoms with Crippen molar-refractivity contribution >= 4 is 11.6 Å². The zero-order valence-corrected chi connectivity index (χ0v) is 11.1. The van der Waals surface area contributed by atoms with Gasteiger partial charge in [0.2, 0.25) is 0 Å². The molecule has 1 aliphatic rings. The van der Waals surface area contributed by atoms with Gasteiger partial charge >= 0.3 is 0 Å². The van der Waals surface area contributed by atoms with Gasteiger partial charge < -0.3 is 11.1 Å². The van der Waals surface area contributed by atoms with Gasteiger partial charge in [0.25, 0.3) is 5.91 Å². The standard InChI is InChI=1S/C13H22N4O/c1-3-17-12(11(14)8-15-17)13(18)16-10-6-4-9(2)5-7-10/h8-10H,3-7,14H2,1-2H3,(H,16,18). The highest BCUT2D eigenvalue weighted by Crippen LogP contribution is 2.24. The Morgan fingerprint density at radius 3 is 2.78 bits per heavy atom. The van der Waals surface area contributed by atoms with E-state index in [9.17, 15) is 4.79 Å². The summed E-state index contributed by atoms with van der Waals surface area (Å²) in [5.74, 6) is 0.691. The Morgan fingerprint density at radius 2 is 2.17 bits per heavy atom. The van der Waals surface area contributed by atoms with Gasteiger partial charge in [-0.15, -0.1) is 0 Å². The second-order valence-electron chi connectivity index (χ2n) is 5.19. The maximum absolute atomic E-state index is 12.2. The zero-order valence-electron chi connectivity index (χ0n) is 11.1. The first kappa shape index (κ1) is 12.9. The highest BCUT2D eigenvalue weighted by atomic mass is 16.2. The fraction of sp³-hybridized carbons (Fsp3) is 0.692. The number of rotatable bonds is 3. The van der Waals surface area contributed by atoms with E-state index in [-0.39, 0.29) is 11.9 Å². The number of nitrogens with zero attached hydrogens (tertiary/aromatic N) is 2. The number of nitrogens with one attached hydrogen (secondary N) is 1. The van der Waals surface area contributed by atoms with E-state index >= 15 is 0 Å². The van der Waals surface area contributed by atoms with E-state index in [1.165, 1.54) is 12.8 Å². The highest BCUT2D eigenvalue weighted by molar-refractivity contribution is 5.97. The number of carbonyl (C=O) groups excluding carboxylic acids is 1. The van der Waals surface area contributed by atoms with Gasteiger partial charge in [0, 0.05) is 12.6 Å². The molecule has 1 aliphatic carbocycles. The molecule has 1 amide bonds. The maximum atomic E-state index is 12.2. The first-order chi connectivity index (χ1) is 8.61. The summed E-state index contributed by atoms with van der Waals surface area (Å²) in [6.07, 6.45) is 6.04. The van der Waals surface area contributed by atoms with Crippen molar-refractivity contribution in [3.8, 4) is 0 Å². The van der Waals surface area contributed by atoms with Crippen molar-refractivity contribution in [3.63, 3.8) is 0 Å². The predicted octanol–water partition coefficient (Wildman–Crippen LogP) is 1.79. The second kappa shape index (κ2) is 5.42. The number of anilines is 1. The molecule has 0 atom stereocenters. The molecule has 1 heterocycles. The predicted molar refractivity (Wildman–Crippen MR) is 71.2 cm³/mol. The van der Waals surface area contributed by atoms with Crippen LogP contribution in [0.1, 0.15) is 50.0 Å². The molecule has 0 saturated heterocycles. The van der Waals surface area contributed by atoms with E-state index in [0.717, 1.165) is 18.8 Å². The lowest BCUT2D eigenvalue weighted by atomic mass is 9.87. The van der Waals surface area contributed by atoms with Crippen LogP contribution in [0.3, 0.4) is 0 Å². The second-order valence-corrected chi connectivity index (χ2v) is 5.19. The van der Waals surface area contributed by atoms with Gasteiger partial charge in [-0.05, 0) is 38.5 Å². The molecule has 0 radical (unpaired) electrons. The number of amides is 1. The Kier molecular flexibility index (Phi) is 3.89. The highest BCUT2D eigenvalue weighted by Gasteiger charge is 2.23. The summed E-state index contributed by atoms with van der Waals surface area (Å²) >= 11 is 0. The van der Waals surface area contributed by atoms with Gasteiger partial charge in [0.15, 0.2) is 0 Å². The van der Waals surface area contributed by atoms with Gasteiger partial charge in [0.1, 0.15) is 5.69 Å². The first-order valence-electron chi connectivity index (χ1n) is 6.74. The SMILES string of the molecule is CCn1ncc(N)c1C(=O)NC1CCC(C)CC1. The summed E-state index contributed by atoms with van der Waals surface area (Å²) in [7, 11) is 0. The summed E-state index contributed by atoms with van der Waals surface area (Å²) in [4.78, 5) is 12.2. The number of carbonyl (C=O) groups is 1. The van der Waals surface area contributed by atoms with Crippen molar-refractivity contribution in [2.45, 2.75) is 52.1 Å². The van der Waals surface area contributed by atoms with Crippen LogP contribution >= 0.6 is 0 Å². The monoisotopic (exact) mass is 250 g/mol. The average molecular weight is 250 g/mol. The molecule has 3 N–H and O–H groups in total. The lowest BCUT2D eigenvalue weighted by molar-refractivity contribution is 0.0913. The van der Waals surface area contributed by atoms with Crippen LogP contribution in [-0.4, -0.2) is 21.7 Å². The Balaban J connectivity index is 2.01. The normalized spacial score (nSPS) is 23.9. The Hall–Kier alpha value is -1.52. The van der Waals surface area contributed by atoms with Crippen LogP contribution in [-0.2, 0) is 6.54 Å². The van der Waals surface area contributed by atoms with Crippen LogP contribution in [0.15, 0.2) is 6.20 Å². The number of hydrogen-bond acceptors (Lipinski definition) is 3. The molecule has 18 heavy (non-hydrogen) atoms. The molecule has 100 valence electrons. The number of nitrogen functional groups attached to an aromatic ring is 1. The molecule has 0 aliphatic heterocycles. The van der Waals surface area contributed by atoms with Crippen LogP contribution in [0.2, 0.25) is 0 Å². The smallest absolute Gasteiger partial charge is 0.271 e. The van der Waals surface area contributed by atoms with E-state index in [0.29, 0.717) is 17.9 Å². The van der Waals surface area contributed by atoms with Crippen molar-refractivity contribution in [2.75, 3.05) is 5.73 Å². The maximum Gasteiger partial charge on any atom is 0.271 e. The van der Waals surface area contributed by atoms with Crippen molar-refractivity contribution in [3.05, 3.63) is 11.9 Å². The van der Waals surface area contributed by atoms with Crippen molar-refractivity contribution in [1.29, 1.82) is 0 Å². The first-order valence-corrected chi connectivity index (χ1v) is 6.74. The van der Waals surface area contributed by atoms with Gasteiger partial charge in [-0.1, -0.05) is 6.92 Å². The summed E-state index contributed by atoms with van der Waals surface area (Å²) in [5, 5.41) is 7.17. The Bertz CT molecular complexity index is 419. The molecule has 0 unspecified atom stereocenters. The minimum absolute atomic E-state index is 0.0913. The molecule has 0 bridgehead atoms. The molecule has 2 rings (SSSR count). The third kappa shape index (κ3) is 2.66. The summed E-state index contributed by atoms with van der Waals surface area (Å²) < 4.78 is 1.65. The molecule has 1 aromatic rings. The van der Waals surface area contributed by atoms with E-state index in [1.54, 1.807) is 10.9 Å². The lowest BCUT2D eigenvalue weighted by Gasteiger charge is -2.27. The zero-order chi connectivity index (χ0) is 13.1. The molecule has 1 aromatic heterocycles. The van der Waals surface area contributed by atoms with E-state index in [1.807, 2.05) is 6.92 Å². The topological polar surface area (TPSA) is 72.9 Å². The molecular weight excluding hydrogens is 228 g/mol. The quantitative estimate of drug-likeness (QED) is 0.859. The van der Waals surface area contributed by atoms with Gasteiger partial charge in [0.05, 0.1) is 11.9 Å². The van der Waals surface area contributed by atoms with Crippen molar-refractivity contribution < 1.29 is 4.79 Å². The lowest BCUT2D eigenvalue weighted by Crippen LogP contribution is -2.38. The third-order valence-electron chi connectivity index (χ3n) is 3.73. The largest absolute Gasteiger partial charge is 0.396 e. The summed E-state index contributed by atoms with van der Waals surface area (Å²) in [6.45, 7) is 4.87. The summed E-state index contributed by atoms with van der Waals surface area (Å²) in [5.41, 5.74) is 6.75. The van der Waals surface area contributed by atoms with Gasteiger partial charge in [-0.2, -0.15) is 5.10 Å².